The maximum absolute atomic E-state index is 12.7. The minimum Gasteiger partial charge on any atom is -0.353 e. The second kappa shape index (κ2) is 3.58. The van der Waals surface area contributed by atoms with E-state index in [1.54, 1.807) is 6.92 Å². The van der Waals surface area contributed by atoms with Crippen molar-refractivity contribution in [2.75, 3.05) is 13.1 Å². The fraction of sp³-hybridized carbons (Fsp3) is 0.400. The molecule has 2 heterocycles. The van der Waals surface area contributed by atoms with Crippen LogP contribution in [0.15, 0.2) is 18.3 Å². The number of aromatic nitrogens is 1. The van der Waals surface area contributed by atoms with Gasteiger partial charge in [-0.25, -0.2) is 4.39 Å². The SMILES string of the molecule is CC1(c2ccc(F)cn2)NCCNC1=O. The van der Waals surface area contributed by atoms with E-state index in [9.17, 15) is 9.18 Å². The van der Waals surface area contributed by atoms with Crippen LogP contribution in [0.4, 0.5) is 4.39 Å². The van der Waals surface area contributed by atoms with Crippen molar-refractivity contribution in [2.24, 2.45) is 0 Å². The highest BCUT2D eigenvalue weighted by molar-refractivity contribution is 5.87. The Bertz CT molecular complexity index is 379. The fourth-order valence-corrected chi connectivity index (χ4v) is 1.62. The number of piperazine rings is 1. The normalized spacial score (nSPS) is 26.1. The molecule has 15 heavy (non-hydrogen) atoms. The third-order valence-corrected chi connectivity index (χ3v) is 2.58. The van der Waals surface area contributed by atoms with E-state index in [0.29, 0.717) is 18.8 Å². The smallest absolute Gasteiger partial charge is 0.246 e. The first kappa shape index (κ1) is 10.0. The fourth-order valence-electron chi connectivity index (χ4n) is 1.62. The number of hydrogen-bond acceptors (Lipinski definition) is 3. The van der Waals surface area contributed by atoms with E-state index < -0.39 is 11.4 Å². The summed E-state index contributed by atoms with van der Waals surface area (Å²) in [5.41, 5.74) is -0.326. The van der Waals surface area contributed by atoms with Gasteiger partial charge in [-0.05, 0) is 19.1 Å². The summed E-state index contributed by atoms with van der Waals surface area (Å²) in [6, 6.07) is 2.82. The van der Waals surface area contributed by atoms with Crippen molar-refractivity contribution in [3.05, 3.63) is 29.8 Å². The molecule has 1 aromatic rings. The number of rotatable bonds is 1. The van der Waals surface area contributed by atoms with Gasteiger partial charge in [-0.1, -0.05) is 0 Å². The zero-order chi connectivity index (χ0) is 10.9. The maximum Gasteiger partial charge on any atom is 0.246 e. The Morgan fingerprint density at radius 3 is 2.87 bits per heavy atom. The van der Waals surface area contributed by atoms with Crippen molar-refractivity contribution >= 4 is 5.91 Å². The van der Waals surface area contributed by atoms with Gasteiger partial charge in [-0.3, -0.25) is 15.1 Å². The molecule has 1 aliphatic heterocycles. The van der Waals surface area contributed by atoms with Gasteiger partial charge in [0.1, 0.15) is 11.4 Å². The molecule has 1 amide bonds. The highest BCUT2D eigenvalue weighted by atomic mass is 19.1. The molecule has 80 valence electrons. The number of pyridine rings is 1. The van der Waals surface area contributed by atoms with Crippen LogP contribution >= 0.6 is 0 Å². The lowest BCUT2D eigenvalue weighted by molar-refractivity contribution is -0.129. The van der Waals surface area contributed by atoms with E-state index >= 15 is 0 Å². The topological polar surface area (TPSA) is 54.0 Å². The number of hydrogen-bond donors (Lipinski definition) is 2. The first-order valence-corrected chi connectivity index (χ1v) is 4.78. The zero-order valence-corrected chi connectivity index (χ0v) is 8.38. The zero-order valence-electron chi connectivity index (χ0n) is 8.38. The van der Waals surface area contributed by atoms with Crippen molar-refractivity contribution in [3.8, 4) is 0 Å². The molecular weight excluding hydrogens is 197 g/mol. The molecule has 0 saturated carbocycles. The van der Waals surface area contributed by atoms with E-state index in [-0.39, 0.29) is 5.91 Å². The summed E-state index contributed by atoms with van der Waals surface area (Å²) in [4.78, 5) is 15.6. The highest BCUT2D eigenvalue weighted by Gasteiger charge is 2.38. The molecule has 1 saturated heterocycles. The molecule has 5 heteroatoms. The Labute approximate surface area is 86.9 Å². The van der Waals surface area contributed by atoms with Crippen LogP contribution in [0, 0.1) is 5.82 Å². The standard InChI is InChI=1S/C10H12FN3O/c1-10(9(15)12-4-5-14-10)8-3-2-7(11)6-13-8/h2-3,6,14H,4-5H2,1H3,(H,12,15). The molecule has 4 nitrogen and oxygen atoms in total. The first-order chi connectivity index (χ1) is 7.13. The molecule has 1 fully saturated rings. The van der Waals surface area contributed by atoms with Gasteiger partial charge in [0.2, 0.25) is 5.91 Å². The molecule has 0 spiro atoms. The Kier molecular flexibility index (Phi) is 2.40. The van der Waals surface area contributed by atoms with Gasteiger partial charge in [-0.15, -0.1) is 0 Å². The summed E-state index contributed by atoms with van der Waals surface area (Å²) in [6.07, 6.45) is 1.12. The Morgan fingerprint density at radius 1 is 1.47 bits per heavy atom. The van der Waals surface area contributed by atoms with Crippen LogP contribution < -0.4 is 10.6 Å². The number of carbonyl (C=O) groups excluding carboxylic acids is 1. The molecule has 0 bridgehead atoms. The Hall–Kier alpha value is -1.49. The summed E-state index contributed by atoms with van der Waals surface area (Å²) in [6.45, 7) is 3.03. The van der Waals surface area contributed by atoms with Crippen molar-refractivity contribution in [1.82, 2.24) is 15.6 Å². The van der Waals surface area contributed by atoms with Crippen molar-refractivity contribution in [2.45, 2.75) is 12.5 Å². The number of nitrogens with one attached hydrogen (secondary N) is 2. The average Bonchev–Trinajstić information content (AvgIpc) is 2.23. The van der Waals surface area contributed by atoms with Gasteiger partial charge >= 0.3 is 0 Å². The number of halogens is 1. The quantitative estimate of drug-likeness (QED) is 0.692. The van der Waals surface area contributed by atoms with E-state index in [2.05, 4.69) is 15.6 Å². The lowest BCUT2D eigenvalue weighted by atomic mass is 9.94. The minimum absolute atomic E-state index is 0.132. The molecule has 0 aliphatic carbocycles. The first-order valence-electron chi connectivity index (χ1n) is 4.78. The lowest BCUT2D eigenvalue weighted by Crippen LogP contribution is -2.59. The van der Waals surface area contributed by atoms with Crippen molar-refractivity contribution in [1.29, 1.82) is 0 Å². The lowest BCUT2D eigenvalue weighted by Gasteiger charge is -2.33. The van der Waals surface area contributed by atoms with Gasteiger partial charge in [0.15, 0.2) is 0 Å². The largest absolute Gasteiger partial charge is 0.353 e. The van der Waals surface area contributed by atoms with Crippen molar-refractivity contribution in [3.63, 3.8) is 0 Å². The van der Waals surface area contributed by atoms with E-state index in [1.807, 2.05) is 0 Å². The number of amides is 1. The third kappa shape index (κ3) is 1.70. The maximum atomic E-state index is 12.7. The monoisotopic (exact) mass is 209 g/mol. The van der Waals surface area contributed by atoms with Crippen LogP contribution in [0.25, 0.3) is 0 Å². The van der Waals surface area contributed by atoms with Gasteiger partial charge in [0, 0.05) is 13.1 Å². The second-order valence-electron chi connectivity index (χ2n) is 3.67. The summed E-state index contributed by atoms with van der Waals surface area (Å²) in [5.74, 6) is -0.536. The van der Waals surface area contributed by atoms with E-state index in [0.717, 1.165) is 6.20 Å². The molecular formula is C10H12FN3O. The van der Waals surface area contributed by atoms with E-state index in [1.165, 1.54) is 12.1 Å². The van der Waals surface area contributed by atoms with E-state index in [4.69, 9.17) is 0 Å². The summed E-state index contributed by atoms with van der Waals surface area (Å²) in [5, 5.41) is 5.83. The van der Waals surface area contributed by atoms with Crippen LogP contribution in [0.3, 0.4) is 0 Å². The van der Waals surface area contributed by atoms with Gasteiger partial charge < -0.3 is 5.32 Å². The predicted octanol–water partition coefficient (Wildman–Crippen LogP) is 0.155. The molecule has 2 rings (SSSR count). The molecule has 0 radical (unpaired) electrons. The van der Waals surface area contributed by atoms with Gasteiger partial charge in [-0.2, -0.15) is 0 Å². The minimum atomic E-state index is -0.855. The molecule has 0 aromatic carbocycles. The van der Waals surface area contributed by atoms with Crippen LogP contribution in [0.2, 0.25) is 0 Å². The van der Waals surface area contributed by atoms with Crippen molar-refractivity contribution < 1.29 is 9.18 Å². The molecule has 1 aromatic heterocycles. The van der Waals surface area contributed by atoms with Crippen LogP contribution in [0.5, 0.6) is 0 Å². The summed E-state index contributed by atoms with van der Waals surface area (Å²) >= 11 is 0. The molecule has 1 unspecified atom stereocenters. The number of nitrogens with zero attached hydrogens (tertiary/aromatic N) is 1. The molecule has 1 aliphatic rings. The van der Waals surface area contributed by atoms with Gasteiger partial charge in [0.25, 0.3) is 0 Å². The molecule has 2 N–H and O–H groups in total. The summed E-state index contributed by atoms with van der Waals surface area (Å²) in [7, 11) is 0. The Morgan fingerprint density at radius 2 is 2.27 bits per heavy atom. The third-order valence-electron chi connectivity index (χ3n) is 2.58. The van der Waals surface area contributed by atoms with Crippen LogP contribution in [-0.4, -0.2) is 24.0 Å². The number of carbonyl (C=O) groups is 1. The summed E-state index contributed by atoms with van der Waals surface area (Å²) < 4.78 is 12.7. The molecule has 1 atom stereocenters. The van der Waals surface area contributed by atoms with Crippen LogP contribution in [-0.2, 0) is 10.3 Å². The van der Waals surface area contributed by atoms with Gasteiger partial charge in [0.05, 0.1) is 11.9 Å². The predicted molar refractivity (Wildman–Crippen MR) is 52.6 cm³/mol. The Balaban J connectivity index is 2.35. The second-order valence-corrected chi connectivity index (χ2v) is 3.67. The van der Waals surface area contributed by atoms with Crippen LogP contribution in [0.1, 0.15) is 12.6 Å². The highest BCUT2D eigenvalue weighted by Crippen LogP contribution is 2.20. The average molecular weight is 209 g/mol.